The number of carbonyl (C=O) groups is 1. The summed E-state index contributed by atoms with van der Waals surface area (Å²) in [6.07, 6.45) is -5.96. The molecule has 0 amide bonds. The summed E-state index contributed by atoms with van der Waals surface area (Å²) in [5, 5.41) is 11.2. The molecule has 1 fully saturated rings. The summed E-state index contributed by atoms with van der Waals surface area (Å²) < 4.78 is 57.8. The first-order valence-electron chi connectivity index (χ1n) is 6.17. The van der Waals surface area contributed by atoms with Crippen molar-refractivity contribution in [3.8, 4) is 0 Å². The number of aromatic carboxylic acids is 1. The van der Waals surface area contributed by atoms with E-state index in [0.29, 0.717) is 0 Å². The molecule has 1 saturated heterocycles. The molecule has 1 aromatic rings. The fraction of sp³-hybridized carbons (Fsp3) is 0.462. The molecule has 2 rings (SSSR count). The Morgan fingerprint density at radius 1 is 1.43 bits per heavy atom. The molecular formula is C13H13F4NO3. The first-order valence-corrected chi connectivity index (χ1v) is 6.17. The van der Waals surface area contributed by atoms with Gasteiger partial charge in [-0.2, -0.15) is 13.2 Å². The van der Waals surface area contributed by atoms with Gasteiger partial charge in [0.05, 0.1) is 12.2 Å². The molecule has 0 radical (unpaired) electrons. The number of ether oxygens (including phenoxy) is 1. The molecule has 0 saturated carbocycles. The fourth-order valence-electron chi connectivity index (χ4n) is 2.39. The Kier molecular flexibility index (Phi) is 4.20. The van der Waals surface area contributed by atoms with Gasteiger partial charge < -0.3 is 15.2 Å². The van der Waals surface area contributed by atoms with Crippen LogP contribution in [-0.2, 0) is 4.74 Å². The van der Waals surface area contributed by atoms with Crippen molar-refractivity contribution in [2.75, 3.05) is 13.2 Å². The molecule has 21 heavy (non-hydrogen) atoms. The van der Waals surface area contributed by atoms with Crippen LogP contribution in [0.25, 0.3) is 0 Å². The molecule has 1 aliphatic heterocycles. The summed E-state index contributed by atoms with van der Waals surface area (Å²) in [6.45, 7) is 1.42. The number of carboxylic acids is 1. The quantitative estimate of drug-likeness (QED) is 0.824. The van der Waals surface area contributed by atoms with Gasteiger partial charge in [-0.3, -0.25) is 0 Å². The zero-order chi connectivity index (χ0) is 15.8. The summed E-state index contributed by atoms with van der Waals surface area (Å²) in [6, 6.07) is 0.0382. The number of morpholine rings is 1. The third-order valence-electron chi connectivity index (χ3n) is 3.27. The Balaban J connectivity index is 2.43. The summed E-state index contributed by atoms with van der Waals surface area (Å²) in [7, 11) is 0. The van der Waals surface area contributed by atoms with Gasteiger partial charge in [0.25, 0.3) is 0 Å². The van der Waals surface area contributed by atoms with Gasteiger partial charge in [-0.05, 0) is 24.1 Å². The van der Waals surface area contributed by atoms with Gasteiger partial charge in [0.1, 0.15) is 18.0 Å². The summed E-state index contributed by atoms with van der Waals surface area (Å²) in [5.74, 6) is -2.54. The second-order valence-electron chi connectivity index (χ2n) is 4.76. The van der Waals surface area contributed by atoms with Gasteiger partial charge in [-0.1, -0.05) is 6.07 Å². The summed E-state index contributed by atoms with van der Waals surface area (Å²) in [5.41, 5.74) is -0.539. The Morgan fingerprint density at radius 3 is 2.62 bits per heavy atom. The van der Waals surface area contributed by atoms with Crippen LogP contribution in [0.4, 0.5) is 17.6 Å². The highest BCUT2D eigenvalue weighted by atomic mass is 19.4. The number of rotatable bonds is 2. The molecule has 116 valence electrons. The van der Waals surface area contributed by atoms with E-state index in [1.165, 1.54) is 13.0 Å². The number of hydrogen-bond acceptors (Lipinski definition) is 3. The number of hydrogen-bond donors (Lipinski definition) is 2. The van der Waals surface area contributed by atoms with Crippen LogP contribution in [0.1, 0.15) is 27.6 Å². The molecule has 1 unspecified atom stereocenters. The lowest BCUT2D eigenvalue weighted by molar-refractivity contribution is -0.197. The number of aryl methyl sites for hydroxylation is 1. The average Bonchev–Trinajstić information content (AvgIpc) is 2.36. The molecule has 0 spiro atoms. The lowest BCUT2D eigenvalue weighted by Gasteiger charge is -2.34. The van der Waals surface area contributed by atoms with Crippen LogP contribution >= 0.6 is 0 Å². The zero-order valence-corrected chi connectivity index (χ0v) is 11.0. The van der Waals surface area contributed by atoms with Crippen molar-refractivity contribution in [3.05, 3.63) is 34.6 Å². The maximum absolute atomic E-state index is 13.8. The lowest BCUT2D eigenvalue weighted by atomic mass is 9.96. The van der Waals surface area contributed by atoms with Crippen molar-refractivity contribution in [1.29, 1.82) is 0 Å². The summed E-state index contributed by atoms with van der Waals surface area (Å²) in [4.78, 5) is 10.9. The van der Waals surface area contributed by atoms with Crippen LogP contribution in [0.3, 0.4) is 0 Å². The van der Waals surface area contributed by atoms with E-state index in [9.17, 15) is 22.4 Å². The van der Waals surface area contributed by atoms with E-state index in [1.54, 1.807) is 0 Å². The smallest absolute Gasteiger partial charge is 0.406 e. The molecule has 0 bridgehead atoms. The monoisotopic (exact) mass is 307 g/mol. The van der Waals surface area contributed by atoms with Gasteiger partial charge in [0, 0.05) is 6.54 Å². The molecule has 1 aromatic carbocycles. The zero-order valence-electron chi connectivity index (χ0n) is 11.0. The molecule has 0 aromatic heterocycles. The minimum atomic E-state index is -4.55. The topological polar surface area (TPSA) is 58.6 Å². The predicted octanol–water partition coefficient (Wildman–Crippen LogP) is 2.42. The van der Waals surface area contributed by atoms with Gasteiger partial charge in [0.2, 0.25) is 0 Å². The maximum atomic E-state index is 13.8. The minimum absolute atomic E-state index is 0.0371. The standard InChI is InChI=1S/C13H13F4NO3/c1-6-4-7(5-8(14)9(6)12(19)20)10-11(13(15,16)17)18-2-3-21-10/h4-5,10-11,18H,2-3H2,1H3,(H,19,20)/t10-,11?/m1/s1. The van der Waals surface area contributed by atoms with Crippen molar-refractivity contribution < 1.29 is 32.2 Å². The van der Waals surface area contributed by atoms with Crippen molar-refractivity contribution in [2.24, 2.45) is 0 Å². The first kappa shape index (κ1) is 15.7. The SMILES string of the molecule is Cc1cc([C@H]2OCCNC2C(F)(F)F)cc(F)c1C(=O)O. The Labute approximate surface area is 117 Å². The second kappa shape index (κ2) is 5.61. The molecule has 1 aliphatic rings. The Morgan fingerprint density at radius 2 is 2.10 bits per heavy atom. The van der Waals surface area contributed by atoms with Crippen LogP contribution in [0.2, 0.25) is 0 Å². The highest BCUT2D eigenvalue weighted by Crippen LogP contribution is 2.35. The third kappa shape index (κ3) is 3.16. The normalized spacial score (nSPS) is 23.1. The number of nitrogens with one attached hydrogen (secondary N) is 1. The van der Waals surface area contributed by atoms with Crippen molar-refractivity contribution in [3.63, 3.8) is 0 Å². The maximum Gasteiger partial charge on any atom is 0.406 e. The first-order chi connectivity index (χ1) is 9.71. The van der Waals surface area contributed by atoms with E-state index in [0.717, 1.165) is 6.07 Å². The van der Waals surface area contributed by atoms with Gasteiger partial charge in [-0.25, -0.2) is 9.18 Å². The van der Waals surface area contributed by atoms with Crippen LogP contribution in [-0.4, -0.2) is 36.4 Å². The number of carboxylic acid groups (broad SMARTS) is 1. The van der Waals surface area contributed by atoms with Gasteiger partial charge in [0.15, 0.2) is 0 Å². The van der Waals surface area contributed by atoms with E-state index in [4.69, 9.17) is 9.84 Å². The van der Waals surface area contributed by atoms with Gasteiger partial charge in [-0.15, -0.1) is 0 Å². The fourth-order valence-corrected chi connectivity index (χ4v) is 2.39. The van der Waals surface area contributed by atoms with Crippen LogP contribution in [0.5, 0.6) is 0 Å². The Hall–Kier alpha value is -1.67. The minimum Gasteiger partial charge on any atom is -0.478 e. The second-order valence-corrected chi connectivity index (χ2v) is 4.76. The van der Waals surface area contributed by atoms with E-state index >= 15 is 0 Å². The van der Waals surface area contributed by atoms with Crippen LogP contribution in [0, 0.1) is 12.7 Å². The average molecular weight is 307 g/mol. The van der Waals surface area contributed by atoms with Gasteiger partial charge >= 0.3 is 12.1 Å². The molecule has 8 heteroatoms. The molecule has 2 N–H and O–H groups in total. The highest BCUT2D eigenvalue weighted by molar-refractivity contribution is 5.89. The molecule has 1 heterocycles. The van der Waals surface area contributed by atoms with E-state index in [-0.39, 0.29) is 24.3 Å². The van der Waals surface area contributed by atoms with Crippen molar-refractivity contribution in [1.82, 2.24) is 5.32 Å². The lowest BCUT2D eigenvalue weighted by Crippen LogP contribution is -2.52. The number of halogens is 4. The summed E-state index contributed by atoms with van der Waals surface area (Å²) >= 11 is 0. The highest BCUT2D eigenvalue weighted by Gasteiger charge is 2.47. The van der Waals surface area contributed by atoms with Crippen molar-refractivity contribution >= 4 is 5.97 Å². The van der Waals surface area contributed by atoms with E-state index in [2.05, 4.69) is 5.32 Å². The van der Waals surface area contributed by atoms with Crippen LogP contribution < -0.4 is 5.32 Å². The van der Waals surface area contributed by atoms with E-state index < -0.39 is 35.7 Å². The van der Waals surface area contributed by atoms with E-state index in [1.807, 2.05) is 0 Å². The molecular weight excluding hydrogens is 294 g/mol. The Bertz CT molecular complexity index is 536. The number of alkyl halides is 3. The third-order valence-corrected chi connectivity index (χ3v) is 3.27. The molecule has 2 atom stereocenters. The predicted molar refractivity (Wildman–Crippen MR) is 64.6 cm³/mol. The molecule has 4 nitrogen and oxygen atoms in total. The molecule has 0 aliphatic carbocycles. The van der Waals surface area contributed by atoms with Crippen LogP contribution in [0.15, 0.2) is 12.1 Å². The number of benzene rings is 1. The van der Waals surface area contributed by atoms with Crippen molar-refractivity contribution in [2.45, 2.75) is 25.2 Å². The largest absolute Gasteiger partial charge is 0.478 e.